The van der Waals surface area contributed by atoms with Crippen LogP contribution in [0.2, 0.25) is 5.02 Å². The van der Waals surface area contributed by atoms with Crippen molar-refractivity contribution in [2.45, 2.75) is 31.8 Å². The number of carbonyl (C=O) groups excluding carboxylic acids is 2. The van der Waals surface area contributed by atoms with Gasteiger partial charge in [0.15, 0.2) is 5.65 Å². The number of hydrogen-bond acceptors (Lipinski definition) is 7. The third-order valence-corrected chi connectivity index (χ3v) is 5.45. The van der Waals surface area contributed by atoms with Crippen LogP contribution in [-0.4, -0.2) is 44.5 Å². The third kappa shape index (κ3) is 4.09. The fraction of sp³-hybridized carbons (Fsp3) is 0.286. The van der Waals surface area contributed by atoms with Gasteiger partial charge >= 0.3 is 0 Å². The summed E-state index contributed by atoms with van der Waals surface area (Å²) in [7, 11) is 1.92. The predicted octanol–water partition coefficient (Wildman–Crippen LogP) is 2.42. The molecule has 3 aromatic rings. The number of carbonyl (C=O) groups is 2. The van der Waals surface area contributed by atoms with Crippen LogP contribution in [0.5, 0.6) is 0 Å². The van der Waals surface area contributed by atoms with Gasteiger partial charge in [0.25, 0.3) is 5.91 Å². The Morgan fingerprint density at radius 1 is 1.26 bits per heavy atom. The molecule has 1 aliphatic carbocycles. The van der Waals surface area contributed by atoms with Gasteiger partial charge in [-0.05, 0) is 36.6 Å². The number of nitrogens with zero attached hydrogens (tertiary/aromatic N) is 5. The second-order valence-corrected chi connectivity index (χ2v) is 8.24. The minimum atomic E-state index is -0.380. The number of halogens is 1. The van der Waals surface area contributed by atoms with Crippen molar-refractivity contribution < 1.29 is 9.59 Å². The van der Waals surface area contributed by atoms with E-state index in [1.54, 1.807) is 16.8 Å². The molecule has 0 bridgehead atoms. The zero-order valence-corrected chi connectivity index (χ0v) is 17.6. The van der Waals surface area contributed by atoms with E-state index in [1.165, 1.54) is 0 Å². The van der Waals surface area contributed by atoms with E-state index < -0.39 is 0 Å². The van der Waals surface area contributed by atoms with Gasteiger partial charge in [-0.15, -0.1) is 0 Å². The Kier molecular flexibility index (Phi) is 4.82. The van der Waals surface area contributed by atoms with Crippen molar-refractivity contribution in [2.75, 3.05) is 17.3 Å². The lowest BCUT2D eigenvalue weighted by Crippen LogP contribution is -2.21. The Labute approximate surface area is 183 Å². The molecule has 1 aromatic carbocycles. The number of imide groups is 1. The van der Waals surface area contributed by atoms with Crippen molar-refractivity contribution in [3.8, 4) is 0 Å². The molecular weight excluding hydrogens is 418 g/mol. The number of aromatic nitrogens is 4. The van der Waals surface area contributed by atoms with Crippen LogP contribution in [0, 0.1) is 0 Å². The van der Waals surface area contributed by atoms with E-state index >= 15 is 0 Å². The summed E-state index contributed by atoms with van der Waals surface area (Å²) >= 11 is 5.99. The first-order valence-corrected chi connectivity index (χ1v) is 10.4. The average molecular weight is 438 g/mol. The van der Waals surface area contributed by atoms with Crippen LogP contribution in [0.25, 0.3) is 11.7 Å². The first kappa shape index (κ1) is 19.5. The van der Waals surface area contributed by atoms with E-state index in [0.29, 0.717) is 46.3 Å². The number of nitrogens with one attached hydrogen (secondary N) is 2. The van der Waals surface area contributed by atoms with Crippen molar-refractivity contribution in [3.05, 3.63) is 52.2 Å². The normalized spacial score (nSPS) is 17.4. The molecule has 0 atom stereocenters. The van der Waals surface area contributed by atoms with Crippen LogP contribution in [-0.2, 0) is 16.1 Å². The maximum absolute atomic E-state index is 12.0. The van der Waals surface area contributed by atoms with Crippen LogP contribution in [0.15, 0.2) is 36.0 Å². The highest BCUT2D eigenvalue weighted by Gasteiger charge is 2.26. The summed E-state index contributed by atoms with van der Waals surface area (Å²) in [5.41, 5.74) is 2.69. The number of amides is 2. The van der Waals surface area contributed by atoms with E-state index in [0.717, 1.165) is 18.4 Å². The fourth-order valence-corrected chi connectivity index (χ4v) is 3.53. The van der Waals surface area contributed by atoms with Gasteiger partial charge < -0.3 is 10.2 Å². The smallest absolute Gasteiger partial charge is 0.254 e. The highest BCUT2D eigenvalue weighted by molar-refractivity contribution is 6.30. The zero-order valence-electron chi connectivity index (χ0n) is 16.8. The van der Waals surface area contributed by atoms with Crippen molar-refractivity contribution >= 4 is 47.0 Å². The molecule has 1 saturated heterocycles. The lowest BCUT2D eigenvalue weighted by atomic mass is 10.1. The summed E-state index contributed by atoms with van der Waals surface area (Å²) < 4.78 is 1.64. The molecule has 31 heavy (non-hydrogen) atoms. The van der Waals surface area contributed by atoms with Crippen LogP contribution in [0.3, 0.4) is 0 Å². The molecule has 158 valence electrons. The zero-order chi connectivity index (χ0) is 21.5. The van der Waals surface area contributed by atoms with Crippen molar-refractivity contribution in [1.82, 2.24) is 24.9 Å². The molecule has 10 heteroatoms. The number of hydrogen-bond donors (Lipinski definition) is 2. The van der Waals surface area contributed by atoms with Crippen molar-refractivity contribution in [3.63, 3.8) is 0 Å². The Morgan fingerprint density at radius 3 is 2.71 bits per heavy atom. The van der Waals surface area contributed by atoms with Crippen LogP contribution < -0.4 is 15.5 Å². The Bertz CT molecular complexity index is 1210. The third-order valence-electron chi connectivity index (χ3n) is 5.19. The molecule has 2 amide bonds. The van der Waals surface area contributed by atoms with E-state index in [4.69, 9.17) is 21.6 Å². The van der Waals surface area contributed by atoms with Crippen molar-refractivity contribution in [2.24, 2.45) is 0 Å². The quantitative estimate of drug-likeness (QED) is 0.450. The Morgan fingerprint density at radius 2 is 2.03 bits per heavy atom. The summed E-state index contributed by atoms with van der Waals surface area (Å²) in [5, 5.41) is 10.8. The second kappa shape index (κ2) is 7.66. The monoisotopic (exact) mass is 437 g/mol. The molecule has 2 fully saturated rings. The molecule has 0 spiro atoms. The summed E-state index contributed by atoms with van der Waals surface area (Å²) in [6, 6.07) is 8.00. The topological polar surface area (TPSA) is 105 Å². The average Bonchev–Trinajstić information content (AvgIpc) is 3.38. The second-order valence-electron chi connectivity index (χ2n) is 7.81. The largest absolute Gasteiger partial charge is 0.351 e. The number of rotatable bonds is 6. The van der Waals surface area contributed by atoms with Crippen molar-refractivity contribution in [1.29, 1.82) is 0 Å². The van der Waals surface area contributed by atoms with Crippen LogP contribution in [0.1, 0.15) is 30.4 Å². The standard InChI is InChI=1S/C21H20ClN7O2/c1-28(11-12-2-4-15(22)5-3-12)20-26-18-14(8-13-9-17(30)25-19(13)31)10-23-29(18)21(27-20)24-16-6-7-16/h2-5,8,10,16H,6-7,9,11H2,1H3,(H,24,26,27)(H,25,30,31)/b13-8+. The molecule has 0 radical (unpaired) electrons. The van der Waals surface area contributed by atoms with Gasteiger partial charge in [-0.3, -0.25) is 14.9 Å². The lowest BCUT2D eigenvalue weighted by Gasteiger charge is -2.18. The maximum Gasteiger partial charge on any atom is 0.254 e. The highest BCUT2D eigenvalue weighted by atomic mass is 35.5. The molecule has 1 saturated carbocycles. The lowest BCUT2D eigenvalue weighted by molar-refractivity contribution is -0.124. The predicted molar refractivity (Wildman–Crippen MR) is 117 cm³/mol. The first-order chi connectivity index (χ1) is 15.0. The molecule has 2 aliphatic rings. The molecule has 2 aromatic heterocycles. The van der Waals surface area contributed by atoms with Gasteiger partial charge in [-0.2, -0.15) is 19.6 Å². The van der Waals surface area contributed by atoms with E-state index in [9.17, 15) is 9.59 Å². The van der Waals surface area contributed by atoms with Crippen LogP contribution in [0.4, 0.5) is 11.9 Å². The first-order valence-electron chi connectivity index (χ1n) is 9.99. The van der Waals surface area contributed by atoms with E-state index in [2.05, 4.69) is 15.7 Å². The van der Waals surface area contributed by atoms with Gasteiger partial charge in [0, 0.05) is 35.8 Å². The van der Waals surface area contributed by atoms with Gasteiger partial charge in [-0.25, -0.2) is 0 Å². The molecule has 1 aliphatic heterocycles. The van der Waals surface area contributed by atoms with E-state index in [-0.39, 0.29) is 18.2 Å². The minimum absolute atomic E-state index is 0.0533. The number of anilines is 2. The summed E-state index contributed by atoms with van der Waals surface area (Å²) in [6.45, 7) is 0.595. The summed E-state index contributed by atoms with van der Waals surface area (Å²) in [6.07, 6.45) is 5.52. The van der Waals surface area contributed by atoms with Gasteiger partial charge in [-0.1, -0.05) is 23.7 Å². The maximum atomic E-state index is 12.0. The van der Waals surface area contributed by atoms with Gasteiger partial charge in [0.2, 0.25) is 17.8 Å². The number of benzene rings is 1. The molecule has 5 rings (SSSR count). The fourth-order valence-electron chi connectivity index (χ4n) is 3.40. The molecule has 2 N–H and O–H groups in total. The van der Waals surface area contributed by atoms with E-state index in [1.807, 2.05) is 36.2 Å². The molecule has 0 unspecified atom stereocenters. The summed E-state index contributed by atoms with van der Waals surface area (Å²) in [5.74, 6) is 0.441. The minimum Gasteiger partial charge on any atom is -0.351 e. The Hall–Kier alpha value is -3.46. The van der Waals surface area contributed by atoms with Gasteiger partial charge in [0.1, 0.15) is 0 Å². The van der Waals surface area contributed by atoms with Crippen LogP contribution >= 0.6 is 11.6 Å². The molecular formula is C21H20ClN7O2. The molecule has 3 heterocycles. The molecule has 9 nitrogen and oxygen atoms in total. The Balaban J connectivity index is 1.53. The van der Waals surface area contributed by atoms with Gasteiger partial charge in [0.05, 0.1) is 12.6 Å². The SMILES string of the molecule is CN(Cc1ccc(Cl)cc1)c1nc(NC2CC2)n2ncc(/C=C3\CC(=O)NC3=O)c2n1. The summed E-state index contributed by atoms with van der Waals surface area (Å²) in [4.78, 5) is 34.9. The number of fused-ring (bicyclic) bond motifs is 1. The highest BCUT2D eigenvalue weighted by Crippen LogP contribution is 2.27.